The molecular weight excluding hydrogens is 196 g/mol. The summed E-state index contributed by atoms with van der Waals surface area (Å²) in [6.45, 7) is 4.63. The van der Waals surface area contributed by atoms with E-state index in [1.54, 1.807) is 11.8 Å². The fourth-order valence-electron chi connectivity index (χ4n) is 0.975. The van der Waals surface area contributed by atoms with Gasteiger partial charge in [0, 0.05) is 11.8 Å². The molecule has 2 atom stereocenters. The smallest absolute Gasteiger partial charge is 0.237 e. The van der Waals surface area contributed by atoms with Gasteiger partial charge in [-0.25, -0.2) is 0 Å². The van der Waals surface area contributed by atoms with Crippen molar-refractivity contribution >= 4 is 17.7 Å². The van der Waals surface area contributed by atoms with Gasteiger partial charge in [-0.3, -0.25) is 4.79 Å². The number of carbonyl (C=O) groups is 1. The monoisotopic (exact) mass is 214 g/mol. The molecule has 0 aliphatic heterocycles. The number of thioether (sulfide) groups is 1. The summed E-state index contributed by atoms with van der Waals surface area (Å²) in [4.78, 5) is 11.3. The Kier molecular flexibility index (Phi) is 7.31. The van der Waals surface area contributed by atoms with E-state index in [0.29, 0.717) is 18.2 Å². The highest BCUT2D eigenvalue weighted by molar-refractivity contribution is 7.99. The highest BCUT2D eigenvalue weighted by atomic mass is 32.2. The van der Waals surface area contributed by atoms with Crippen LogP contribution in [-0.2, 0) is 4.79 Å². The minimum Gasteiger partial charge on any atom is -0.355 e. The Bertz CT molecular complexity index is 213. The van der Waals surface area contributed by atoms with Gasteiger partial charge in [0.1, 0.15) is 5.92 Å². The Balaban J connectivity index is 3.69. The number of nitriles is 1. The number of rotatable bonds is 6. The molecule has 0 spiro atoms. The van der Waals surface area contributed by atoms with Gasteiger partial charge >= 0.3 is 0 Å². The molecule has 14 heavy (non-hydrogen) atoms. The maximum Gasteiger partial charge on any atom is 0.237 e. The molecule has 0 saturated heterocycles. The first-order valence-corrected chi connectivity index (χ1v) is 6.14. The first-order chi connectivity index (χ1) is 6.65. The van der Waals surface area contributed by atoms with Crippen molar-refractivity contribution in [1.82, 2.24) is 5.32 Å². The fourth-order valence-corrected chi connectivity index (χ4v) is 1.33. The van der Waals surface area contributed by atoms with Crippen molar-refractivity contribution in [3.05, 3.63) is 0 Å². The van der Waals surface area contributed by atoms with Gasteiger partial charge in [0.2, 0.25) is 5.91 Å². The van der Waals surface area contributed by atoms with Gasteiger partial charge in [-0.1, -0.05) is 13.8 Å². The molecule has 4 heteroatoms. The first kappa shape index (κ1) is 13.3. The van der Waals surface area contributed by atoms with Gasteiger partial charge in [0.05, 0.1) is 6.07 Å². The van der Waals surface area contributed by atoms with Crippen LogP contribution in [0.3, 0.4) is 0 Å². The molecule has 0 aromatic carbocycles. The van der Waals surface area contributed by atoms with E-state index in [9.17, 15) is 4.79 Å². The van der Waals surface area contributed by atoms with E-state index in [0.717, 1.165) is 6.42 Å². The molecule has 80 valence electrons. The van der Waals surface area contributed by atoms with Crippen molar-refractivity contribution < 1.29 is 4.79 Å². The molecule has 0 radical (unpaired) electrons. The number of amides is 1. The van der Waals surface area contributed by atoms with E-state index in [1.807, 2.05) is 13.0 Å². The van der Waals surface area contributed by atoms with Crippen molar-refractivity contribution in [2.75, 3.05) is 12.8 Å². The Morgan fingerprint density at radius 2 is 2.29 bits per heavy atom. The number of nitrogens with one attached hydrogen (secondary N) is 1. The molecule has 0 fully saturated rings. The van der Waals surface area contributed by atoms with Gasteiger partial charge in [0.15, 0.2) is 0 Å². The Hall–Kier alpha value is -0.690. The minimum absolute atomic E-state index is 0.136. The van der Waals surface area contributed by atoms with Crippen LogP contribution >= 0.6 is 11.8 Å². The number of hydrogen-bond donors (Lipinski definition) is 1. The van der Waals surface area contributed by atoms with Gasteiger partial charge in [-0.2, -0.15) is 17.0 Å². The molecule has 3 nitrogen and oxygen atoms in total. The van der Waals surface area contributed by atoms with Crippen molar-refractivity contribution in [3.8, 4) is 6.07 Å². The summed E-state index contributed by atoms with van der Waals surface area (Å²) in [5, 5.41) is 12.0. The van der Waals surface area contributed by atoms with Crippen LogP contribution in [0.15, 0.2) is 0 Å². The van der Waals surface area contributed by atoms with Crippen LogP contribution in [0.2, 0.25) is 0 Å². The van der Waals surface area contributed by atoms with Crippen LogP contribution in [0.1, 0.15) is 26.7 Å². The third kappa shape index (κ3) is 5.13. The van der Waals surface area contributed by atoms with Crippen LogP contribution in [0.5, 0.6) is 0 Å². The lowest BCUT2D eigenvalue weighted by atomic mass is 10.1. The average molecular weight is 214 g/mol. The van der Waals surface area contributed by atoms with Crippen molar-refractivity contribution in [2.45, 2.75) is 31.9 Å². The van der Waals surface area contributed by atoms with E-state index >= 15 is 0 Å². The number of nitrogens with zero attached hydrogens (tertiary/aromatic N) is 1. The zero-order chi connectivity index (χ0) is 11.0. The van der Waals surface area contributed by atoms with Crippen molar-refractivity contribution in [3.63, 3.8) is 0 Å². The molecule has 0 aromatic rings. The third-order valence-corrected chi connectivity index (χ3v) is 3.17. The molecule has 0 aromatic heterocycles. The topological polar surface area (TPSA) is 52.9 Å². The molecule has 0 rings (SSSR count). The van der Waals surface area contributed by atoms with Crippen LogP contribution in [0.25, 0.3) is 0 Å². The maximum absolute atomic E-state index is 11.3. The highest BCUT2D eigenvalue weighted by Gasteiger charge is 2.14. The normalized spacial score (nSPS) is 14.1. The standard InChI is InChI=1S/C10H18N2OS/c1-4-9(7-11)10(13)12-6-5-8(2)14-3/h8-9H,4-6H2,1-3H3,(H,12,13). The summed E-state index contributed by atoms with van der Waals surface area (Å²) in [6, 6.07) is 1.99. The summed E-state index contributed by atoms with van der Waals surface area (Å²) >= 11 is 1.78. The second kappa shape index (κ2) is 7.69. The zero-order valence-electron chi connectivity index (χ0n) is 9.04. The summed E-state index contributed by atoms with van der Waals surface area (Å²) in [5.74, 6) is -0.622. The van der Waals surface area contributed by atoms with E-state index in [1.165, 1.54) is 0 Å². The molecule has 0 aliphatic carbocycles. The van der Waals surface area contributed by atoms with Crippen LogP contribution in [-0.4, -0.2) is 24.0 Å². The predicted molar refractivity (Wildman–Crippen MR) is 60.0 cm³/mol. The van der Waals surface area contributed by atoms with E-state index in [4.69, 9.17) is 5.26 Å². The largest absolute Gasteiger partial charge is 0.355 e. The molecule has 0 aliphatic rings. The molecule has 0 heterocycles. The molecule has 1 N–H and O–H groups in total. The Morgan fingerprint density at radius 3 is 2.71 bits per heavy atom. The first-order valence-electron chi connectivity index (χ1n) is 4.85. The highest BCUT2D eigenvalue weighted by Crippen LogP contribution is 2.08. The number of carbonyl (C=O) groups excluding carboxylic acids is 1. The minimum atomic E-state index is -0.486. The van der Waals surface area contributed by atoms with Crippen LogP contribution in [0.4, 0.5) is 0 Å². The second-order valence-electron chi connectivity index (χ2n) is 3.22. The molecule has 2 unspecified atom stereocenters. The van der Waals surface area contributed by atoms with Gasteiger partial charge < -0.3 is 5.32 Å². The lowest BCUT2D eigenvalue weighted by molar-refractivity contribution is -0.123. The third-order valence-electron chi connectivity index (χ3n) is 2.13. The summed E-state index contributed by atoms with van der Waals surface area (Å²) in [6.07, 6.45) is 3.59. The van der Waals surface area contributed by atoms with Crippen molar-refractivity contribution in [2.24, 2.45) is 5.92 Å². The molecule has 1 amide bonds. The van der Waals surface area contributed by atoms with Crippen LogP contribution < -0.4 is 5.32 Å². The predicted octanol–water partition coefficient (Wildman–Crippen LogP) is 1.79. The van der Waals surface area contributed by atoms with Gasteiger partial charge in [0.25, 0.3) is 0 Å². The van der Waals surface area contributed by atoms with E-state index < -0.39 is 5.92 Å². The van der Waals surface area contributed by atoms with Gasteiger partial charge in [-0.15, -0.1) is 0 Å². The summed E-state index contributed by atoms with van der Waals surface area (Å²) < 4.78 is 0. The van der Waals surface area contributed by atoms with E-state index in [2.05, 4.69) is 18.5 Å². The fraction of sp³-hybridized carbons (Fsp3) is 0.800. The summed E-state index contributed by atoms with van der Waals surface area (Å²) in [7, 11) is 0. The second-order valence-corrected chi connectivity index (χ2v) is 4.49. The average Bonchev–Trinajstić information content (AvgIpc) is 2.19. The van der Waals surface area contributed by atoms with Crippen molar-refractivity contribution in [1.29, 1.82) is 5.26 Å². The lowest BCUT2D eigenvalue weighted by Gasteiger charge is -2.10. The van der Waals surface area contributed by atoms with Gasteiger partial charge in [-0.05, 0) is 19.1 Å². The molecule has 0 saturated carbocycles. The maximum atomic E-state index is 11.3. The summed E-state index contributed by atoms with van der Waals surface area (Å²) in [5.41, 5.74) is 0. The zero-order valence-corrected chi connectivity index (χ0v) is 9.86. The van der Waals surface area contributed by atoms with Crippen LogP contribution in [0, 0.1) is 17.2 Å². The molecular formula is C10H18N2OS. The lowest BCUT2D eigenvalue weighted by Crippen LogP contribution is -2.31. The Labute approximate surface area is 90.3 Å². The SMILES string of the molecule is CCC(C#N)C(=O)NCCC(C)SC. The Morgan fingerprint density at radius 1 is 1.64 bits per heavy atom. The molecule has 0 bridgehead atoms. The quantitative estimate of drug-likeness (QED) is 0.733. The number of hydrogen-bond acceptors (Lipinski definition) is 3. The van der Waals surface area contributed by atoms with E-state index in [-0.39, 0.29) is 5.91 Å².